The predicted octanol–water partition coefficient (Wildman–Crippen LogP) is 1.74. The van der Waals surface area contributed by atoms with Crippen molar-refractivity contribution in [2.45, 2.75) is 13.5 Å². The molecule has 1 N–H and O–H groups in total. The summed E-state index contributed by atoms with van der Waals surface area (Å²) in [6.45, 7) is 2.64. The minimum atomic E-state index is 0.696. The summed E-state index contributed by atoms with van der Waals surface area (Å²) in [6.07, 6.45) is 0. The molecule has 0 aliphatic rings. The van der Waals surface area contributed by atoms with Crippen molar-refractivity contribution < 1.29 is 0 Å². The fourth-order valence-electron chi connectivity index (χ4n) is 1.34. The minimum absolute atomic E-state index is 0.696. The molecule has 2 aromatic rings. The summed E-state index contributed by atoms with van der Waals surface area (Å²) in [5, 5.41) is 11.4. The minimum Gasteiger partial charge on any atom is -0.378 e. The van der Waals surface area contributed by atoms with Gasteiger partial charge in [0.15, 0.2) is 5.82 Å². The summed E-state index contributed by atoms with van der Waals surface area (Å²) < 4.78 is 1.98. The second-order valence-electron chi connectivity index (χ2n) is 3.44. The molecule has 0 amide bonds. The van der Waals surface area contributed by atoms with Gasteiger partial charge < -0.3 is 9.88 Å². The Morgan fingerprint density at radius 2 is 1.93 bits per heavy atom. The van der Waals surface area contributed by atoms with Crippen LogP contribution in [0.25, 0.3) is 0 Å². The number of hydrogen-bond donors (Lipinski definition) is 1. The molecule has 15 heavy (non-hydrogen) atoms. The highest BCUT2D eigenvalue weighted by Gasteiger charge is 2.03. The van der Waals surface area contributed by atoms with Gasteiger partial charge in [0.1, 0.15) is 5.82 Å². The van der Waals surface area contributed by atoms with E-state index in [1.54, 1.807) is 0 Å². The van der Waals surface area contributed by atoms with Gasteiger partial charge in [0.25, 0.3) is 0 Å². The maximum absolute atomic E-state index is 4.08. The lowest BCUT2D eigenvalue weighted by atomic mass is 10.3. The van der Waals surface area contributed by atoms with Crippen molar-refractivity contribution in [2.75, 3.05) is 5.32 Å². The van der Waals surface area contributed by atoms with Crippen molar-refractivity contribution in [3.63, 3.8) is 0 Å². The molecular formula is C11H14N4. The van der Waals surface area contributed by atoms with E-state index in [9.17, 15) is 0 Å². The largest absolute Gasteiger partial charge is 0.378 e. The van der Waals surface area contributed by atoms with E-state index in [2.05, 4.69) is 15.5 Å². The second-order valence-corrected chi connectivity index (χ2v) is 3.44. The number of nitrogens with zero attached hydrogens (tertiary/aromatic N) is 3. The van der Waals surface area contributed by atoms with Crippen LogP contribution >= 0.6 is 0 Å². The number of nitrogens with one attached hydrogen (secondary N) is 1. The third kappa shape index (κ3) is 2.15. The maximum Gasteiger partial charge on any atom is 0.152 e. The Morgan fingerprint density at radius 1 is 1.20 bits per heavy atom. The molecule has 0 unspecified atom stereocenters. The molecule has 4 nitrogen and oxygen atoms in total. The highest BCUT2D eigenvalue weighted by Crippen LogP contribution is 2.07. The van der Waals surface area contributed by atoms with E-state index in [0.29, 0.717) is 6.54 Å². The Kier molecular flexibility index (Phi) is 2.67. The molecular weight excluding hydrogens is 188 g/mol. The number of benzene rings is 1. The molecule has 1 aromatic carbocycles. The highest BCUT2D eigenvalue weighted by molar-refractivity contribution is 5.42. The molecule has 0 saturated heterocycles. The summed E-state index contributed by atoms with van der Waals surface area (Å²) in [5.41, 5.74) is 1.10. The molecule has 0 saturated carbocycles. The van der Waals surface area contributed by atoms with Crippen LogP contribution in [0.1, 0.15) is 11.6 Å². The van der Waals surface area contributed by atoms with E-state index in [-0.39, 0.29) is 0 Å². The Hall–Kier alpha value is -1.84. The molecule has 0 radical (unpaired) electrons. The summed E-state index contributed by atoms with van der Waals surface area (Å²) in [6, 6.07) is 10.1. The lowest BCUT2D eigenvalue weighted by Gasteiger charge is -2.05. The van der Waals surface area contributed by atoms with Crippen LogP contribution < -0.4 is 5.32 Å². The van der Waals surface area contributed by atoms with Crippen molar-refractivity contribution in [3.8, 4) is 0 Å². The molecule has 1 aromatic heterocycles. The van der Waals surface area contributed by atoms with Crippen LogP contribution in [0.4, 0.5) is 5.69 Å². The monoisotopic (exact) mass is 202 g/mol. The van der Waals surface area contributed by atoms with E-state index < -0.39 is 0 Å². The average Bonchev–Trinajstić information content (AvgIpc) is 2.59. The number of para-hydroxylation sites is 1. The van der Waals surface area contributed by atoms with Crippen molar-refractivity contribution in [3.05, 3.63) is 42.0 Å². The molecule has 0 aliphatic carbocycles. The van der Waals surface area contributed by atoms with Gasteiger partial charge in [0.05, 0.1) is 6.54 Å². The fraction of sp³-hybridized carbons (Fsp3) is 0.273. The highest BCUT2D eigenvalue weighted by atomic mass is 15.3. The van der Waals surface area contributed by atoms with Crippen LogP contribution in [-0.4, -0.2) is 14.8 Å². The molecule has 4 heteroatoms. The number of aryl methyl sites for hydroxylation is 1. The average molecular weight is 202 g/mol. The summed E-state index contributed by atoms with van der Waals surface area (Å²) in [4.78, 5) is 0. The van der Waals surface area contributed by atoms with Crippen LogP contribution in [0.2, 0.25) is 0 Å². The Labute approximate surface area is 89.0 Å². The molecule has 1 heterocycles. The van der Waals surface area contributed by atoms with Crippen LogP contribution in [0.3, 0.4) is 0 Å². The van der Waals surface area contributed by atoms with Gasteiger partial charge in [-0.1, -0.05) is 18.2 Å². The summed E-state index contributed by atoms with van der Waals surface area (Å²) in [7, 11) is 1.97. The first kappa shape index (κ1) is 9.71. The van der Waals surface area contributed by atoms with Crippen LogP contribution in [0.5, 0.6) is 0 Å². The molecule has 78 valence electrons. The first-order valence-corrected chi connectivity index (χ1v) is 4.91. The van der Waals surface area contributed by atoms with Crippen molar-refractivity contribution in [2.24, 2.45) is 7.05 Å². The third-order valence-corrected chi connectivity index (χ3v) is 2.41. The number of aromatic nitrogens is 3. The zero-order chi connectivity index (χ0) is 10.7. The van der Waals surface area contributed by atoms with Gasteiger partial charge in [0.2, 0.25) is 0 Å². The van der Waals surface area contributed by atoms with Crippen molar-refractivity contribution in [1.29, 1.82) is 0 Å². The lowest BCUT2D eigenvalue weighted by Crippen LogP contribution is -2.06. The van der Waals surface area contributed by atoms with Gasteiger partial charge in [-0.3, -0.25) is 0 Å². The lowest BCUT2D eigenvalue weighted by molar-refractivity contribution is 0.789. The van der Waals surface area contributed by atoms with Crippen molar-refractivity contribution in [1.82, 2.24) is 14.8 Å². The van der Waals surface area contributed by atoms with Gasteiger partial charge in [-0.25, -0.2) is 0 Å². The van der Waals surface area contributed by atoms with Gasteiger partial charge in [0, 0.05) is 12.7 Å². The van der Waals surface area contributed by atoms with Crippen LogP contribution in [-0.2, 0) is 13.6 Å². The first-order valence-electron chi connectivity index (χ1n) is 4.91. The van der Waals surface area contributed by atoms with Gasteiger partial charge in [-0.2, -0.15) is 0 Å². The Balaban J connectivity index is 2.02. The number of rotatable bonds is 3. The zero-order valence-electron chi connectivity index (χ0n) is 8.94. The molecule has 0 fully saturated rings. The molecule has 0 atom stereocenters. The fourth-order valence-corrected chi connectivity index (χ4v) is 1.34. The van der Waals surface area contributed by atoms with E-state index >= 15 is 0 Å². The van der Waals surface area contributed by atoms with Gasteiger partial charge >= 0.3 is 0 Å². The first-order chi connectivity index (χ1) is 7.27. The Morgan fingerprint density at radius 3 is 2.53 bits per heavy atom. The van der Waals surface area contributed by atoms with Crippen LogP contribution in [0, 0.1) is 6.92 Å². The maximum atomic E-state index is 4.08. The smallest absolute Gasteiger partial charge is 0.152 e. The normalized spacial score (nSPS) is 10.3. The van der Waals surface area contributed by atoms with Crippen molar-refractivity contribution >= 4 is 5.69 Å². The van der Waals surface area contributed by atoms with E-state index in [1.807, 2.05) is 48.9 Å². The Bertz CT molecular complexity index is 433. The summed E-state index contributed by atoms with van der Waals surface area (Å²) >= 11 is 0. The quantitative estimate of drug-likeness (QED) is 0.824. The molecule has 0 aliphatic heterocycles. The predicted molar refractivity (Wildman–Crippen MR) is 59.5 cm³/mol. The number of hydrogen-bond acceptors (Lipinski definition) is 3. The number of anilines is 1. The topological polar surface area (TPSA) is 42.7 Å². The zero-order valence-corrected chi connectivity index (χ0v) is 8.94. The second kappa shape index (κ2) is 4.13. The third-order valence-electron chi connectivity index (χ3n) is 2.41. The molecule has 2 rings (SSSR count). The van der Waals surface area contributed by atoms with E-state index in [1.165, 1.54) is 0 Å². The van der Waals surface area contributed by atoms with E-state index in [0.717, 1.165) is 17.3 Å². The van der Waals surface area contributed by atoms with E-state index in [4.69, 9.17) is 0 Å². The standard InChI is InChI=1S/C11H14N4/c1-9-13-14-11(15(9)2)8-12-10-6-4-3-5-7-10/h3-7,12H,8H2,1-2H3. The van der Waals surface area contributed by atoms with Gasteiger partial charge in [-0.05, 0) is 19.1 Å². The molecule has 0 bridgehead atoms. The summed E-state index contributed by atoms with van der Waals surface area (Å²) in [5.74, 6) is 1.87. The van der Waals surface area contributed by atoms with Crippen LogP contribution in [0.15, 0.2) is 30.3 Å². The SMILES string of the molecule is Cc1nnc(CNc2ccccc2)n1C. The van der Waals surface area contributed by atoms with Gasteiger partial charge in [-0.15, -0.1) is 10.2 Å². The molecule has 0 spiro atoms.